The second-order valence-corrected chi connectivity index (χ2v) is 5.21. The van der Waals surface area contributed by atoms with Gasteiger partial charge in [-0.1, -0.05) is 6.07 Å². The van der Waals surface area contributed by atoms with Gasteiger partial charge in [0.05, 0.1) is 11.7 Å². The molecule has 0 aromatic carbocycles. The van der Waals surface area contributed by atoms with Crippen molar-refractivity contribution in [3.05, 3.63) is 24.5 Å². The Kier molecular flexibility index (Phi) is 4.70. The molecule has 102 valence electrons. The molecule has 0 aliphatic rings. The fourth-order valence-corrected chi connectivity index (χ4v) is 2.57. The van der Waals surface area contributed by atoms with Gasteiger partial charge in [0.15, 0.2) is 0 Å². The number of nitrogens with zero attached hydrogens (tertiary/aromatic N) is 2. The maximum absolute atomic E-state index is 9.22. The summed E-state index contributed by atoms with van der Waals surface area (Å²) < 4.78 is 4.19. The summed E-state index contributed by atoms with van der Waals surface area (Å²) in [5, 5.41) is 13.5. The highest BCUT2D eigenvalue weighted by atomic mass is 32.1. The van der Waals surface area contributed by atoms with Gasteiger partial charge in [0, 0.05) is 24.5 Å². The molecule has 2 rings (SSSR count). The van der Waals surface area contributed by atoms with Crippen molar-refractivity contribution in [1.82, 2.24) is 9.36 Å². The largest absolute Gasteiger partial charge is 0.393 e. The highest BCUT2D eigenvalue weighted by Crippen LogP contribution is 2.36. The lowest BCUT2D eigenvalue weighted by atomic mass is 10.1. The summed E-state index contributed by atoms with van der Waals surface area (Å²) in [7, 11) is 0. The molecule has 2 aromatic rings. The van der Waals surface area contributed by atoms with E-state index in [0.717, 1.165) is 35.5 Å². The first-order chi connectivity index (χ1) is 9.18. The zero-order valence-corrected chi connectivity index (χ0v) is 11.7. The standard InChI is InChI=1S/C13H18N4OS/c1-9(18)4-2-7-16-13-11(12(14)17-19-13)10-5-3-6-15-8-10/h3,5-6,8-9,16,18H,2,4,7H2,1H3,(H2,14,17). The number of hydrogen-bond acceptors (Lipinski definition) is 6. The summed E-state index contributed by atoms with van der Waals surface area (Å²) in [5.41, 5.74) is 7.79. The lowest BCUT2D eigenvalue weighted by Gasteiger charge is -2.08. The molecule has 0 radical (unpaired) electrons. The van der Waals surface area contributed by atoms with Crippen LogP contribution < -0.4 is 11.1 Å². The smallest absolute Gasteiger partial charge is 0.147 e. The van der Waals surface area contributed by atoms with Gasteiger partial charge in [0.2, 0.25) is 0 Å². The van der Waals surface area contributed by atoms with Crippen LogP contribution in [0.1, 0.15) is 19.8 Å². The molecule has 0 bridgehead atoms. The van der Waals surface area contributed by atoms with Crippen LogP contribution in [0.5, 0.6) is 0 Å². The third kappa shape index (κ3) is 3.65. The molecule has 1 unspecified atom stereocenters. The Morgan fingerprint density at radius 3 is 3.05 bits per heavy atom. The number of nitrogen functional groups attached to an aromatic ring is 1. The molecule has 4 N–H and O–H groups in total. The fraction of sp³-hybridized carbons (Fsp3) is 0.385. The van der Waals surface area contributed by atoms with E-state index in [1.165, 1.54) is 11.5 Å². The normalized spacial score (nSPS) is 12.3. The SMILES string of the molecule is CC(O)CCCNc1snc(N)c1-c1cccnc1. The molecule has 0 saturated carbocycles. The Labute approximate surface area is 116 Å². The molecule has 0 spiro atoms. The Balaban J connectivity index is 2.06. The number of hydrogen-bond donors (Lipinski definition) is 3. The lowest BCUT2D eigenvalue weighted by molar-refractivity contribution is 0.183. The van der Waals surface area contributed by atoms with Crippen LogP contribution in [0.15, 0.2) is 24.5 Å². The molecule has 2 heterocycles. The van der Waals surface area contributed by atoms with Gasteiger partial charge in [0.25, 0.3) is 0 Å². The predicted octanol–water partition coefficient (Wildman–Crippen LogP) is 2.36. The first-order valence-corrected chi connectivity index (χ1v) is 7.03. The van der Waals surface area contributed by atoms with Crippen LogP contribution in [0.4, 0.5) is 10.8 Å². The molecule has 19 heavy (non-hydrogen) atoms. The number of aromatic nitrogens is 2. The van der Waals surface area contributed by atoms with Crippen molar-refractivity contribution in [3.8, 4) is 11.1 Å². The number of rotatable bonds is 6. The maximum atomic E-state index is 9.22. The van der Waals surface area contributed by atoms with E-state index in [4.69, 9.17) is 5.73 Å². The van der Waals surface area contributed by atoms with Crippen molar-refractivity contribution in [2.75, 3.05) is 17.6 Å². The van der Waals surface area contributed by atoms with Crippen molar-refractivity contribution >= 4 is 22.4 Å². The number of nitrogens with two attached hydrogens (primary N) is 1. The molecule has 5 nitrogen and oxygen atoms in total. The third-order valence-electron chi connectivity index (χ3n) is 2.75. The molecule has 1 atom stereocenters. The summed E-state index contributed by atoms with van der Waals surface area (Å²) in [5.74, 6) is 0.524. The van der Waals surface area contributed by atoms with Crippen molar-refractivity contribution < 1.29 is 5.11 Å². The van der Waals surface area contributed by atoms with Gasteiger partial charge in [-0.25, -0.2) is 0 Å². The molecule has 0 aliphatic carbocycles. The van der Waals surface area contributed by atoms with Crippen LogP contribution in [0.3, 0.4) is 0 Å². The minimum absolute atomic E-state index is 0.258. The molecule has 0 fully saturated rings. The number of aliphatic hydroxyl groups is 1. The fourth-order valence-electron chi connectivity index (χ4n) is 1.81. The van der Waals surface area contributed by atoms with Crippen molar-refractivity contribution in [3.63, 3.8) is 0 Å². The highest BCUT2D eigenvalue weighted by molar-refractivity contribution is 7.11. The number of pyridine rings is 1. The predicted molar refractivity (Wildman–Crippen MR) is 79.2 cm³/mol. The zero-order chi connectivity index (χ0) is 13.7. The first kappa shape index (κ1) is 13.8. The number of nitrogens with one attached hydrogen (secondary N) is 1. The Bertz CT molecular complexity index is 513. The van der Waals surface area contributed by atoms with E-state index in [0.29, 0.717) is 5.82 Å². The van der Waals surface area contributed by atoms with Crippen LogP contribution in [0, 0.1) is 0 Å². The first-order valence-electron chi connectivity index (χ1n) is 6.26. The van der Waals surface area contributed by atoms with E-state index in [1.807, 2.05) is 12.1 Å². The molecule has 2 aromatic heterocycles. The van der Waals surface area contributed by atoms with Crippen molar-refractivity contribution in [2.45, 2.75) is 25.9 Å². The summed E-state index contributed by atoms with van der Waals surface area (Å²) in [6.07, 6.45) is 4.94. The van der Waals surface area contributed by atoms with Crippen molar-refractivity contribution in [2.24, 2.45) is 0 Å². The second-order valence-electron chi connectivity index (χ2n) is 4.43. The van der Waals surface area contributed by atoms with Crippen molar-refractivity contribution in [1.29, 1.82) is 0 Å². The van der Waals surface area contributed by atoms with Gasteiger partial charge >= 0.3 is 0 Å². The molecule has 0 saturated heterocycles. The van der Waals surface area contributed by atoms with Crippen LogP contribution >= 0.6 is 11.5 Å². The van der Waals surface area contributed by atoms with Gasteiger partial charge < -0.3 is 16.2 Å². The summed E-state index contributed by atoms with van der Waals surface area (Å²) >= 11 is 1.35. The van der Waals surface area contributed by atoms with E-state index < -0.39 is 0 Å². The topological polar surface area (TPSA) is 84.1 Å². The molecular formula is C13H18N4OS. The highest BCUT2D eigenvalue weighted by Gasteiger charge is 2.13. The van der Waals surface area contributed by atoms with E-state index in [9.17, 15) is 5.11 Å². The Hall–Kier alpha value is -1.66. The average molecular weight is 278 g/mol. The zero-order valence-electron chi connectivity index (χ0n) is 10.8. The molecule has 6 heteroatoms. The maximum Gasteiger partial charge on any atom is 0.147 e. The molecule has 0 aliphatic heterocycles. The Morgan fingerprint density at radius 1 is 1.53 bits per heavy atom. The van der Waals surface area contributed by atoms with E-state index in [2.05, 4.69) is 14.7 Å². The minimum Gasteiger partial charge on any atom is -0.393 e. The van der Waals surface area contributed by atoms with Crippen LogP contribution in [0.25, 0.3) is 11.1 Å². The van der Waals surface area contributed by atoms with Gasteiger partial charge in [-0.15, -0.1) is 0 Å². The van der Waals surface area contributed by atoms with Crippen LogP contribution in [0.2, 0.25) is 0 Å². The minimum atomic E-state index is -0.258. The lowest BCUT2D eigenvalue weighted by Crippen LogP contribution is -2.06. The van der Waals surface area contributed by atoms with Crippen LogP contribution in [-0.4, -0.2) is 27.1 Å². The van der Waals surface area contributed by atoms with Gasteiger partial charge in [-0.05, 0) is 37.4 Å². The number of aliphatic hydroxyl groups excluding tert-OH is 1. The van der Waals surface area contributed by atoms with E-state index >= 15 is 0 Å². The monoisotopic (exact) mass is 278 g/mol. The summed E-state index contributed by atoms with van der Waals surface area (Å²) in [6.45, 7) is 2.59. The van der Waals surface area contributed by atoms with Gasteiger partial charge in [-0.3, -0.25) is 4.98 Å². The van der Waals surface area contributed by atoms with E-state index in [1.54, 1.807) is 19.3 Å². The third-order valence-corrected chi connectivity index (χ3v) is 3.57. The van der Waals surface area contributed by atoms with Gasteiger partial charge in [0.1, 0.15) is 10.8 Å². The number of anilines is 2. The summed E-state index contributed by atoms with van der Waals surface area (Å²) in [4.78, 5) is 4.10. The second kappa shape index (κ2) is 6.49. The van der Waals surface area contributed by atoms with Gasteiger partial charge in [-0.2, -0.15) is 4.37 Å². The Morgan fingerprint density at radius 2 is 2.37 bits per heavy atom. The molecular weight excluding hydrogens is 260 g/mol. The quantitative estimate of drug-likeness (QED) is 0.706. The molecule has 0 amide bonds. The summed E-state index contributed by atoms with van der Waals surface area (Å²) in [6, 6.07) is 3.84. The van der Waals surface area contributed by atoms with Crippen LogP contribution in [-0.2, 0) is 0 Å². The van der Waals surface area contributed by atoms with E-state index in [-0.39, 0.29) is 6.10 Å². The average Bonchev–Trinajstić information content (AvgIpc) is 2.77.